The molecule has 2 rings (SSSR count). The van der Waals surface area contributed by atoms with Crippen molar-refractivity contribution in [1.82, 2.24) is 0 Å². The first-order valence-corrected chi connectivity index (χ1v) is 4.74. The van der Waals surface area contributed by atoms with Crippen LogP contribution < -0.4 is 10.5 Å². The van der Waals surface area contributed by atoms with Crippen molar-refractivity contribution in [2.24, 2.45) is 5.73 Å². The summed E-state index contributed by atoms with van der Waals surface area (Å²) in [5.74, 6) is 0.704. The fourth-order valence-electron chi connectivity index (χ4n) is 1.68. The molecule has 3 nitrogen and oxygen atoms in total. The van der Waals surface area contributed by atoms with Crippen LogP contribution in [0.4, 0.5) is 0 Å². The molecular weight excluding hydrogens is 178 g/mol. The number of methoxy groups -OCH3 is 1. The van der Waals surface area contributed by atoms with Crippen molar-refractivity contribution >= 4 is 0 Å². The van der Waals surface area contributed by atoms with Gasteiger partial charge in [0.1, 0.15) is 0 Å². The van der Waals surface area contributed by atoms with Crippen molar-refractivity contribution in [2.75, 3.05) is 7.11 Å². The van der Waals surface area contributed by atoms with Crippen molar-refractivity contribution in [2.45, 2.75) is 25.3 Å². The van der Waals surface area contributed by atoms with Gasteiger partial charge in [0.15, 0.2) is 11.5 Å². The van der Waals surface area contributed by atoms with Gasteiger partial charge in [-0.1, -0.05) is 6.07 Å². The molecule has 0 heterocycles. The van der Waals surface area contributed by atoms with Crippen LogP contribution in [0.3, 0.4) is 0 Å². The van der Waals surface area contributed by atoms with Gasteiger partial charge in [-0.25, -0.2) is 0 Å². The van der Waals surface area contributed by atoms with E-state index in [1.807, 2.05) is 19.1 Å². The Hall–Kier alpha value is -1.22. The molecule has 0 aromatic heterocycles. The number of hydrogen-bond donors (Lipinski definition) is 2. The topological polar surface area (TPSA) is 55.5 Å². The molecule has 0 radical (unpaired) electrons. The van der Waals surface area contributed by atoms with E-state index in [0.717, 1.165) is 24.0 Å². The van der Waals surface area contributed by atoms with Crippen LogP contribution in [0.15, 0.2) is 12.1 Å². The molecule has 0 bridgehead atoms. The fraction of sp³-hybridized carbons (Fsp3) is 0.455. The molecule has 0 unspecified atom stereocenters. The van der Waals surface area contributed by atoms with Crippen LogP contribution >= 0.6 is 0 Å². The zero-order valence-electron chi connectivity index (χ0n) is 8.50. The number of hydrogen-bond acceptors (Lipinski definition) is 3. The Morgan fingerprint density at radius 1 is 1.43 bits per heavy atom. The Balaban J connectivity index is 2.54. The normalized spacial score (nSPS) is 17.9. The zero-order valence-corrected chi connectivity index (χ0v) is 8.50. The molecule has 0 amide bonds. The lowest BCUT2D eigenvalue weighted by molar-refractivity contribution is 0.367. The van der Waals surface area contributed by atoms with Crippen molar-refractivity contribution in [1.29, 1.82) is 0 Å². The third kappa shape index (κ3) is 1.34. The highest BCUT2D eigenvalue weighted by Gasteiger charge is 2.42. The second-order valence-electron chi connectivity index (χ2n) is 4.02. The van der Waals surface area contributed by atoms with Crippen molar-refractivity contribution in [3.05, 3.63) is 23.3 Å². The summed E-state index contributed by atoms with van der Waals surface area (Å²) in [6, 6.07) is 3.75. The Bertz CT molecular complexity index is 370. The lowest BCUT2D eigenvalue weighted by atomic mass is 10.0. The molecule has 14 heavy (non-hydrogen) atoms. The average Bonchev–Trinajstić information content (AvgIpc) is 2.88. The highest BCUT2D eigenvalue weighted by Crippen LogP contribution is 2.49. The van der Waals surface area contributed by atoms with Crippen LogP contribution in [0.5, 0.6) is 11.5 Å². The molecular formula is C11H15NO2. The van der Waals surface area contributed by atoms with Crippen LogP contribution in [0, 0.1) is 6.92 Å². The van der Waals surface area contributed by atoms with Gasteiger partial charge in [0.25, 0.3) is 0 Å². The Morgan fingerprint density at radius 3 is 2.57 bits per heavy atom. The number of phenolic OH excluding ortho intramolecular Hbond substituents is 1. The number of benzene rings is 1. The zero-order chi connectivity index (χ0) is 10.3. The van der Waals surface area contributed by atoms with E-state index in [9.17, 15) is 5.11 Å². The van der Waals surface area contributed by atoms with Crippen LogP contribution in [-0.2, 0) is 5.54 Å². The van der Waals surface area contributed by atoms with Crippen molar-refractivity contribution in [3.8, 4) is 11.5 Å². The maximum absolute atomic E-state index is 9.88. The first-order valence-electron chi connectivity index (χ1n) is 4.74. The minimum atomic E-state index is -0.316. The van der Waals surface area contributed by atoms with E-state index in [1.165, 1.54) is 0 Å². The lowest BCUT2D eigenvalue weighted by Gasteiger charge is -2.15. The molecule has 0 saturated heterocycles. The maximum atomic E-state index is 9.88. The molecule has 0 spiro atoms. The van der Waals surface area contributed by atoms with Gasteiger partial charge < -0.3 is 15.6 Å². The van der Waals surface area contributed by atoms with Gasteiger partial charge in [0, 0.05) is 11.1 Å². The van der Waals surface area contributed by atoms with E-state index in [0.29, 0.717) is 5.75 Å². The summed E-state index contributed by atoms with van der Waals surface area (Å²) < 4.78 is 5.08. The Labute approximate surface area is 83.5 Å². The molecule has 1 saturated carbocycles. The van der Waals surface area contributed by atoms with Gasteiger partial charge in [0.05, 0.1) is 7.11 Å². The van der Waals surface area contributed by atoms with Crippen LogP contribution in [0.25, 0.3) is 0 Å². The molecule has 1 aliphatic rings. The van der Waals surface area contributed by atoms with E-state index in [1.54, 1.807) is 7.11 Å². The number of aryl methyl sites for hydroxylation is 1. The van der Waals surface area contributed by atoms with Gasteiger partial charge >= 0.3 is 0 Å². The smallest absolute Gasteiger partial charge is 0.162 e. The highest BCUT2D eigenvalue weighted by molar-refractivity contribution is 5.52. The van der Waals surface area contributed by atoms with Crippen molar-refractivity contribution in [3.63, 3.8) is 0 Å². The third-order valence-electron chi connectivity index (χ3n) is 2.76. The first-order chi connectivity index (χ1) is 6.57. The van der Waals surface area contributed by atoms with E-state index >= 15 is 0 Å². The van der Waals surface area contributed by atoms with E-state index in [2.05, 4.69) is 0 Å². The third-order valence-corrected chi connectivity index (χ3v) is 2.76. The lowest BCUT2D eigenvalue weighted by Crippen LogP contribution is -2.19. The summed E-state index contributed by atoms with van der Waals surface area (Å²) in [7, 11) is 1.55. The Kier molecular flexibility index (Phi) is 1.93. The second-order valence-corrected chi connectivity index (χ2v) is 4.02. The van der Waals surface area contributed by atoms with Crippen LogP contribution in [0.1, 0.15) is 24.0 Å². The predicted molar refractivity (Wildman–Crippen MR) is 54.5 cm³/mol. The molecule has 1 fully saturated rings. The fourth-order valence-corrected chi connectivity index (χ4v) is 1.68. The predicted octanol–water partition coefficient (Wildman–Crippen LogP) is 1.66. The minimum Gasteiger partial charge on any atom is -0.504 e. The highest BCUT2D eigenvalue weighted by atomic mass is 16.5. The minimum absolute atomic E-state index is 0.193. The maximum Gasteiger partial charge on any atom is 0.162 e. The van der Waals surface area contributed by atoms with Gasteiger partial charge in [-0.05, 0) is 31.4 Å². The Morgan fingerprint density at radius 2 is 2.07 bits per heavy atom. The summed E-state index contributed by atoms with van der Waals surface area (Å²) in [6.07, 6.45) is 1.88. The summed E-state index contributed by atoms with van der Waals surface area (Å²) in [5, 5.41) is 9.88. The van der Waals surface area contributed by atoms with E-state index < -0.39 is 0 Å². The molecule has 3 heteroatoms. The second kappa shape index (κ2) is 2.89. The van der Waals surface area contributed by atoms with E-state index in [-0.39, 0.29) is 11.3 Å². The van der Waals surface area contributed by atoms with E-state index in [4.69, 9.17) is 10.5 Å². The van der Waals surface area contributed by atoms with Crippen LogP contribution in [0.2, 0.25) is 0 Å². The average molecular weight is 193 g/mol. The summed E-state index contributed by atoms with van der Waals surface area (Å²) in [5.41, 5.74) is 7.61. The number of ether oxygens (including phenoxy) is 1. The quantitative estimate of drug-likeness (QED) is 0.751. The molecule has 1 aromatic carbocycles. The summed E-state index contributed by atoms with van der Waals surface area (Å²) >= 11 is 0. The molecule has 0 atom stereocenters. The number of nitrogens with two attached hydrogens (primary N) is 1. The molecule has 1 aromatic rings. The van der Waals surface area contributed by atoms with Gasteiger partial charge in [-0.15, -0.1) is 0 Å². The van der Waals surface area contributed by atoms with Crippen LogP contribution in [-0.4, -0.2) is 12.2 Å². The SMILES string of the molecule is COc1cc(C)cc(C2(N)CC2)c1O. The van der Waals surface area contributed by atoms with Gasteiger partial charge in [0.2, 0.25) is 0 Å². The number of rotatable bonds is 2. The number of aromatic hydroxyl groups is 1. The summed E-state index contributed by atoms with van der Waals surface area (Å²) in [4.78, 5) is 0. The standard InChI is InChI=1S/C11H15NO2/c1-7-5-8(11(12)3-4-11)10(13)9(6-7)14-2/h5-6,13H,3-4,12H2,1-2H3. The van der Waals surface area contributed by atoms with Crippen molar-refractivity contribution < 1.29 is 9.84 Å². The first kappa shape index (κ1) is 9.34. The van der Waals surface area contributed by atoms with Gasteiger partial charge in [-0.2, -0.15) is 0 Å². The molecule has 1 aliphatic carbocycles. The largest absolute Gasteiger partial charge is 0.504 e. The summed E-state index contributed by atoms with van der Waals surface area (Å²) in [6.45, 7) is 1.97. The monoisotopic (exact) mass is 193 g/mol. The molecule has 3 N–H and O–H groups in total. The molecule has 0 aliphatic heterocycles. The number of phenols is 1. The van der Waals surface area contributed by atoms with Gasteiger partial charge in [-0.3, -0.25) is 0 Å². The molecule has 76 valence electrons.